The van der Waals surface area contributed by atoms with Crippen molar-refractivity contribution in [2.45, 2.75) is 32.6 Å². The van der Waals surface area contributed by atoms with Crippen molar-refractivity contribution in [1.82, 2.24) is 5.32 Å². The molecule has 0 radical (unpaired) electrons. The summed E-state index contributed by atoms with van der Waals surface area (Å²) in [5, 5.41) is 3.05. The number of methoxy groups -OCH3 is 1. The summed E-state index contributed by atoms with van der Waals surface area (Å²) in [6.45, 7) is 6.10. The molecule has 0 aliphatic rings. The molecule has 1 N–H and O–H groups in total. The summed E-state index contributed by atoms with van der Waals surface area (Å²) in [7, 11) is 1.65. The molecule has 0 bridgehead atoms. The van der Waals surface area contributed by atoms with E-state index in [0.29, 0.717) is 5.75 Å². The Bertz CT molecular complexity index is 683. The van der Waals surface area contributed by atoms with Crippen molar-refractivity contribution in [3.63, 3.8) is 0 Å². The van der Waals surface area contributed by atoms with Crippen LogP contribution in [0.3, 0.4) is 0 Å². The van der Waals surface area contributed by atoms with Crippen LogP contribution >= 0.6 is 11.8 Å². The third-order valence-electron chi connectivity index (χ3n) is 3.85. The van der Waals surface area contributed by atoms with Crippen molar-refractivity contribution in [2.75, 3.05) is 12.9 Å². The number of hydrogen-bond donors (Lipinski definition) is 1. The number of benzene rings is 2. The second-order valence-corrected chi connectivity index (χ2v) is 7.00. The molecule has 0 fully saturated rings. The number of aryl methyl sites for hydroxylation is 2. The van der Waals surface area contributed by atoms with Crippen LogP contribution in [0.25, 0.3) is 0 Å². The van der Waals surface area contributed by atoms with Crippen LogP contribution in [-0.4, -0.2) is 18.8 Å². The van der Waals surface area contributed by atoms with Crippen LogP contribution in [-0.2, 0) is 10.5 Å². The van der Waals surface area contributed by atoms with Gasteiger partial charge in [-0.2, -0.15) is 0 Å². The molecule has 2 aromatic rings. The summed E-state index contributed by atoms with van der Waals surface area (Å²) >= 11 is 1.63. The lowest BCUT2D eigenvalue weighted by Crippen LogP contribution is -2.28. The van der Waals surface area contributed by atoms with Gasteiger partial charge in [0.25, 0.3) is 0 Å². The summed E-state index contributed by atoms with van der Waals surface area (Å²) in [6.07, 6.45) is 0. The first-order chi connectivity index (χ1) is 11.5. The predicted molar refractivity (Wildman–Crippen MR) is 102 cm³/mol. The molecule has 0 aliphatic carbocycles. The lowest BCUT2D eigenvalue weighted by Gasteiger charge is -2.18. The van der Waals surface area contributed by atoms with Gasteiger partial charge in [0.15, 0.2) is 0 Å². The highest BCUT2D eigenvalue weighted by Gasteiger charge is 2.14. The summed E-state index contributed by atoms with van der Waals surface area (Å²) in [5.41, 5.74) is 4.66. The van der Waals surface area contributed by atoms with E-state index in [1.807, 2.05) is 26.0 Å². The maximum absolute atomic E-state index is 12.2. The Kier molecular flexibility index (Phi) is 6.73. The zero-order valence-corrected chi connectivity index (χ0v) is 15.6. The highest BCUT2D eigenvalue weighted by molar-refractivity contribution is 7.99. The summed E-state index contributed by atoms with van der Waals surface area (Å²) in [5.74, 6) is 2.14. The average molecular weight is 343 g/mol. The smallest absolute Gasteiger partial charge is 0.230 e. The van der Waals surface area contributed by atoms with E-state index in [2.05, 4.69) is 42.6 Å². The van der Waals surface area contributed by atoms with Gasteiger partial charge in [-0.1, -0.05) is 47.5 Å². The van der Waals surface area contributed by atoms with Gasteiger partial charge in [-0.05, 0) is 32.4 Å². The zero-order chi connectivity index (χ0) is 17.5. The fourth-order valence-electron chi connectivity index (χ4n) is 2.50. The maximum atomic E-state index is 12.2. The number of carbonyl (C=O) groups excluding carboxylic acids is 1. The first kappa shape index (κ1) is 18.4. The molecular weight excluding hydrogens is 318 g/mol. The molecule has 0 aliphatic heterocycles. The van der Waals surface area contributed by atoms with Gasteiger partial charge in [-0.15, -0.1) is 11.8 Å². The van der Waals surface area contributed by atoms with Gasteiger partial charge in [-0.3, -0.25) is 4.79 Å². The molecule has 3 nitrogen and oxygen atoms in total. The second kappa shape index (κ2) is 8.78. The van der Waals surface area contributed by atoms with E-state index in [1.165, 1.54) is 11.1 Å². The third-order valence-corrected chi connectivity index (χ3v) is 4.86. The molecule has 4 heteroatoms. The lowest BCUT2D eigenvalue weighted by atomic mass is 10.0. The predicted octanol–water partition coefficient (Wildman–Crippen LogP) is 4.42. The topological polar surface area (TPSA) is 38.3 Å². The van der Waals surface area contributed by atoms with Gasteiger partial charge in [0, 0.05) is 11.3 Å². The minimum atomic E-state index is -0.0766. The number of rotatable bonds is 7. The number of carbonyl (C=O) groups is 1. The number of thioether (sulfide) groups is 1. The summed E-state index contributed by atoms with van der Waals surface area (Å²) in [6, 6.07) is 14.4. The largest absolute Gasteiger partial charge is 0.496 e. The Balaban J connectivity index is 1.85. The van der Waals surface area contributed by atoms with Gasteiger partial charge in [0.1, 0.15) is 5.75 Å². The molecule has 2 rings (SSSR count). The standard InChI is InChI=1S/C20H25NO2S/c1-14-5-8-17(9-6-14)12-24-13-20(22)21-16(3)18-11-15(2)7-10-19(18)23-4/h5-11,16H,12-13H2,1-4H3,(H,21,22)/t16-/m0/s1. The van der Waals surface area contributed by atoms with E-state index < -0.39 is 0 Å². The van der Waals surface area contributed by atoms with E-state index in [4.69, 9.17) is 4.74 Å². The lowest BCUT2D eigenvalue weighted by molar-refractivity contribution is -0.119. The first-order valence-electron chi connectivity index (χ1n) is 8.07. The molecule has 1 atom stereocenters. The van der Waals surface area contributed by atoms with Gasteiger partial charge >= 0.3 is 0 Å². The Morgan fingerprint density at radius 1 is 1.12 bits per heavy atom. The highest BCUT2D eigenvalue weighted by atomic mass is 32.2. The Morgan fingerprint density at radius 3 is 2.46 bits per heavy atom. The fraction of sp³-hybridized carbons (Fsp3) is 0.350. The van der Waals surface area contributed by atoms with E-state index >= 15 is 0 Å². The van der Waals surface area contributed by atoms with Crippen molar-refractivity contribution in [2.24, 2.45) is 0 Å². The zero-order valence-electron chi connectivity index (χ0n) is 14.8. The molecule has 0 heterocycles. The molecule has 2 aromatic carbocycles. The third kappa shape index (κ3) is 5.31. The minimum absolute atomic E-state index is 0.0446. The summed E-state index contributed by atoms with van der Waals surface area (Å²) in [4.78, 5) is 12.2. The van der Waals surface area contributed by atoms with Gasteiger partial charge in [0.05, 0.1) is 18.9 Å². The molecule has 0 spiro atoms. The van der Waals surface area contributed by atoms with Gasteiger partial charge in [0.2, 0.25) is 5.91 Å². The van der Waals surface area contributed by atoms with Crippen molar-refractivity contribution in [1.29, 1.82) is 0 Å². The van der Waals surface area contributed by atoms with Crippen molar-refractivity contribution in [3.8, 4) is 5.75 Å². The van der Waals surface area contributed by atoms with Crippen LogP contribution in [0.5, 0.6) is 5.75 Å². The molecule has 0 aromatic heterocycles. The van der Waals surface area contributed by atoms with Gasteiger partial charge in [-0.25, -0.2) is 0 Å². The van der Waals surface area contributed by atoms with Crippen LogP contribution in [0, 0.1) is 13.8 Å². The molecule has 128 valence electrons. The van der Waals surface area contributed by atoms with Crippen LogP contribution < -0.4 is 10.1 Å². The van der Waals surface area contributed by atoms with Crippen molar-refractivity contribution < 1.29 is 9.53 Å². The Morgan fingerprint density at radius 2 is 1.79 bits per heavy atom. The second-order valence-electron chi connectivity index (χ2n) is 6.01. The SMILES string of the molecule is COc1ccc(C)cc1[C@H](C)NC(=O)CSCc1ccc(C)cc1. The Hall–Kier alpha value is -1.94. The van der Waals surface area contributed by atoms with Crippen LogP contribution in [0.1, 0.15) is 35.2 Å². The molecule has 0 unspecified atom stereocenters. The molecule has 1 amide bonds. The van der Waals surface area contributed by atoms with Crippen molar-refractivity contribution in [3.05, 3.63) is 64.7 Å². The molecule has 0 saturated heterocycles. The summed E-state index contributed by atoms with van der Waals surface area (Å²) < 4.78 is 5.40. The number of nitrogens with one attached hydrogen (secondary N) is 1. The normalized spacial score (nSPS) is 11.8. The quantitative estimate of drug-likeness (QED) is 0.808. The van der Waals surface area contributed by atoms with Crippen LogP contribution in [0.15, 0.2) is 42.5 Å². The van der Waals surface area contributed by atoms with Crippen molar-refractivity contribution >= 4 is 17.7 Å². The van der Waals surface area contributed by atoms with E-state index in [9.17, 15) is 4.79 Å². The van der Waals surface area contributed by atoms with E-state index in [0.717, 1.165) is 22.6 Å². The number of amides is 1. The monoisotopic (exact) mass is 343 g/mol. The Labute approximate surface area is 148 Å². The molecule has 24 heavy (non-hydrogen) atoms. The molecular formula is C20H25NO2S. The van der Waals surface area contributed by atoms with Crippen LogP contribution in [0.2, 0.25) is 0 Å². The van der Waals surface area contributed by atoms with E-state index in [1.54, 1.807) is 18.9 Å². The highest BCUT2D eigenvalue weighted by Crippen LogP contribution is 2.26. The van der Waals surface area contributed by atoms with Crippen LogP contribution in [0.4, 0.5) is 0 Å². The van der Waals surface area contributed by atoms with Gasteiger partial charge < -0.3 is 10.1 Å². The maximum Gasteiger partial charge on any atom is 0.230 e. The molecule has 0 saturated carbocycles. The number of ether oxygens (including phenoxy) is 1. The number of hydrogen-bond acceptors (Lipinski definition) is 3. The van der Waals surface area contributed by atoms with E-state index in [-0.39, 0.29) is 11.9 Å². The fourth-order valence-corrected chi connectivity index (χ4v) is 3.30. The first-order valence-corrected chi connectivity index (χ1v) is 9.22. The minimum Gasteiger partial charge on any atom is -0.496 e. The average Bonchev–Trinajstić information content (AvgIpc) is 2.56.